The maximum Gasteiger partial charge on any atom is 0.154 e. The molecule has 0 amide bonds. The maximum atomic E-state index is 8.95. The van der Waals surface area contributed by atoms with Crippen molar-refractivity contribution in [3.63, 3.8) is 0 Å². The molecule has 0 saturated heterocycles. The molecule has 2 heterocycles. The molecule has 1 aliphatic rings. The summed E-state index contributed by atoms with van der Waals surface area (Å²) in [4.78, 5) is 8.83. The van der Waals surface area contributed by atoms with Gasteiger partial charge in [-0.3, -0.25) is 0 Å². The molecule has 2 rings (SSSR count). The Morgan fingerprint density at radius 2 is 2.59 bits per heavy atom. The van der Waals surface area contributed by atoms with Gasteiger partial charge in [-0.05, 0) is 11.3 Å². The van der Waals surface area contributed by atoms with E-state index in [2.05, 4.69) is 22.6 Å². The second-order valence-electron chi connectivity index (χ2n) is 3.63. The van der Waals surface area contributed by atoms with E-state index in [-0.39, 0.29) is 5.71 Å². The normalized spacial score (nSPS) is 16.2. The quantitative estimate of drug-likeness (QED) is 0.666. The van der Waals surface area contributed by atoms with Crippen LogP contribution in [0.1, 0.15) is 0 Å². The van der Waals surface area contributed by atoms with Crippen LogP contribution in [-0.2, 0) is 0 Å². The standard InChI is InChI=1S/C12H13N5/c1-2-15-10(7-13)12(14)17-6-4-9-3-5-16-11(9)8-17/h2-5,8,12,16H,1,6,14H2. The van der Waals surface area contributed by atoms with Crippen LogP contribution in [0.5, 0.6) is 0 Å². The molecule has 0 saturated carbocycles. The summed E-state index contributed by atoms with van der Waals surface area (Å²) in [6.45, 7) is 4.12. The van der Waals surface area contributed by atoms with Crippen molar-refractivity contribution in [1.82, 2.24) is 9.88 Å². The van der Waals surface area contributed by atoms with Crippen molar-refractivity contribution in [2.45, 2.75) is 6.17 Å². The predicted octanol–water partition coefficient (Wildman–Crippen LogP) is -0.758. The van der Waals surface area contributed by atoms with E-state index in [0.29, 0.717) is 6.54 Å². The molecule has 0 aliphatic carbocycles. The molecule has 1 aromatic heterocycles. The molecule has 86 valence electrons. The molecule has 1 unspecified atom stereocenters. The number of aromatic nitrogens is 1. The monoisotopic (exact) mass is 227 g/mol. The zero-order valence-corrected chi connectivity index (χ0v) is 9.30. The van der Waals surface area contributed by atoms with Gasteiger partial charge in [0.05, 0.1) is 5.35 Å². The Kier molecular flexibility index (Phi) is 3.08. The van der Waals surface area contributed by atoms with Gasteiger partial charge in [-0.1, -0.05) is 12.7 Å². The summed E-state index contributed by atoms with van der Waals surface area (Å²) in [6.07, 6.45) is 6.59. The predicted molar refractivity (Wildman–Crippen MR) is 66.9 cm³/mol. The molecule has 1 aliphatic heterocycles. The first-order valence-corrected chi connectivity index (χ1v) is 5.21. The number of nitriles is 1. The van der Waals surface area contributed by atoms with E-state index >= 15 is 0 Å². The average Bonchev–Trinajstić information content (AvgIpc) is 2.82. The van der Waals surface area contributed by atoms with Crippen molar-refractivity contribution in [1.29, 1.82) is 5.26 Å². The van der Waals surface area contributed by atoms with E-state index in [1.54, 1.807) is 0 Å². The van der Waals surface area contributed by atoms with Crippen molar-refractivity contribution >= 4 is 18.0 Å². The number of hydrogen-bond donors (Lipinski definition) is 2. The minimum atomic E-state index is -0.550. The van der Waals surface area contributed by atoms with Gasteiger partial charge < -0.3 is 15.6 Å². The van der Waals surface area contributed by atoms with Crippen LogP contribution in [0, 0.1) is 11.3 Å². The third kappa shape index (κ3) is 2.12. The number of fused-ring (bicyclic) bond motifs is 1. The number of hydrogen-bond acceptors (Lipinski definition) is 4. The molecular formula is C12H13N5. The lowest BCUT2D eigenvalue weighted by Gasteiger charge is -2.26. The van der Waals surface area contributed by atoms with Crippen LogP contribution in [0.25, 0.3) is 12.3 Å². The Bertz CT molecular complexity index is 602. The fraction of sp³-hybridized carbons (Fsp3) is 0.167. The molecule has 0 fully saturated rings. The number of aliphatic imine (C=N–C) groups is 1. The third-order valence-corrected chi connectivity index (χ3v) is 2.61. The fourth-order valence-electron chi connectivity index (χ4n) is 1.73. The van der Waals surface area contributed by atoms with Gasteiger partial charge in [0.1, 0.15) is 12.2 Å². The van der Waals surface area contributed by atoms with Crippen molar-refractivity contribution < 1.29 is 0 Å². The Hall–Kier alpha value is -2.32. The minimum absolute atomic E-state index is 0.250. The van der Waals surface area contributed by atoms with Gasteiger partial charge in [0.15, 0.2) is 5.71 Å². The number of nitrogens with one attached hydrogen (secondary N) is 1. The first kappa shape index (κ1) is 11.2. The zero-order chi connectivity index (χ0) is 12.3. The van der Waals surface area contributed by atoms with Gasteiger partial charge in [-0.2, -0.15) is 5.26 Å². The highest BCUT2D eigenvalue weighted by molar-refractivity contribution is 6.02. The van der Waals surface area contributed by atoms with E-state index in [1.165, 1.54) is 6.20 Å². The van der Waals surface area contributed by atoms with E-state index in [9.17, 15) is 0 Å². The van der Waals surface area contributed by atoms with Crippen molar-refractivity contribution in [2.24, 2.45) is 10.7 Å². The second-order valence-corrected chi connectivity index (χ2v) is 3.63. The van der Waals surface area contributed by atoms with Crippen LogP contribution < -0.4 is 16.3 Å². The van der Waals surface area contributed by atoms with Crippen molar-refractivity contribution in [2.75, 3.05) is 6.54 Å². The van der Waals surface area contributed by atoms with Crippen LogP contribution in [-0.4, -0.2) is 28.3 Å². The lowest BCUT2D eigenvalue weighted by molar-refractivity contribution is 0.418. The molecule has 17 heavy (non-hydrogen) atoms. The number of rotatable bonds is 3. The zero-order valence-electron chi connectivity index (χ0n) is 9.30. The van der Waals surface area contributed by atoms with Gasteiger partial charge in [0, 0.05) is 25.1 Å². The van der Waals surface area contributed by atoms with E-state index in [0.717, 1.165) is 10.6 Å². The molecule has 3 N–H and O–H groups in total. The molecular weight excluding hydrogens is 214 g/mol. The van der Waals surface area contributed by atoms with Gasteiger partial charge in [0.25, 0.3) is 0 Å². The van der Waals surface area contributed by atoms with Crippen molar-refractivity contribution in [3.8, 4) is 6.07 Å². The van der Waals surface area contributed by atoms with Crippen LogP contribution in [0.3, 0.4) is 0 Å². The van der Waals surface area contributed by atoms with Gasteiger partial charge >= 0.3 is 0 Å². The number of aromatic amines is 1. The van der Waals surface area contributed by atoms with E-state index in [1.807, 2.05) is 29.4 Å². The van der Waals surface area contributed by atoms with Crippen LogP contribution in [0.4, 0.5) is 0 Å². The second kappa shape index (κ2) is 4.68. The van der Waals surface area contributed by atoms with Crippen LogP contribution in [0.15, 0.2) is 30.0 Å². The summed E-state index contributed by atoms with van der Waals surface area (Å²) in [5.41, 5.74) is 6.22. The SMILES string of the molecule is C=CN=C(C#N)C(N)N1C=c2[nH]ccc2=CC1. The molecule has 0 bridgehead atoms. The molecule has 0 spiro atoms. The maximum absolute atomic E-state index is 8.95. The van der Waals surface area contributed by atoms with Gasteiger partial charge in [0.2, 0.25) is 0 Å². The van der Waals surface area contributed by atoms with Gasteiger partial charge in [-0.25, -0.2) is 4.99 Å². The lowest BCUT2D eigenvalue weighted by Crippen LogP contribution is -2.48. The molecule has 5 nitrogen and oxygen atoms in total. The van der Waals surface area contributed by atoms with E-state index < -0.39 is 6.17 Å². The Morgan fingerprint density at radius 1 is 1.76 bits per heavy atom. The first-order chi connectivity index (χ1) is 8.26. The Labute approximate surface area is 98.9 Å². The minimum Gasteiger partial charge on any atom is -0.360 e. The number of H-pyrrole nitrogens is 1. The Morgan fingerprint density at radius 3 is 3.29 bits per heavy atom. The Balaban J connectivity index is 2.30. The molecule has 1 aromatic rings. The molecule has 0 radical (unpaired) electrons. The highest BCUT2D eigenvalue weighted by atomic mass is 15.2. The molecule has 5 heteroatoms. The molecule has 1 atom stereocenters. The summed E-state index contributed by atoms with van der Waals surface area (Å²) in [7, 11) is 0. The van der Waals surface area contributed by atoms with Crippen LogP contribution >= 0.6 is 0 Å². The highest BCUT2D eigenvalue weighted by Crippen LogP contribution is 2.00. The van der Waals surface area contributed by atoms with E-state index in [4.69, 9.17) is 11.0 Å². The summed E-state index contributed by atoms with van der Waals surface area (Å²) in [5.74, 6) is 0. The summed E-state index contributed by atoms with van der Waals surface area (Å²) >= 11 is 0. The largest absolute Gasteiger partial charge is 0.360 e. The fourth-order valence-corrected chi connectivity index (χ4v) is 1.73. The number of nitrogens with zero attached hydrogens (tertiary/aromatic N) is 3. The van der Waals surface area contributed by atoms with Crippen LogP contribution in [0.2, 0.25) is 0 Å². The summed E-state index contributed by atoms with van der Waals surface area (Å²) in [5, 5.41) is 11.1. The average molecular weight is 227 g/mol. The summed E-state index contributed by atoms with van der Waals surface area (Å²) < 4.78 is 0. The number of nitrogens with two attached hydrogens (primary N) is 1. The third-order valence-electron chi connectivity index (χ3n) is 2.61. The summed E-state index contributed by atoms with van der Waals surface area (Å²) in [6, 6.07) is 3.98. The van der Waals surface area contributed by atoms with Crippen molar-refractivity contribution in [3.05, 3.63) is 35.6 Å². The first-order valence-electron chi connectivity index (χ1n) is 5.21. The smallest absolute Gasteiger partial charge is 0.154 e. The molecule has 0 aromatic carbocycles. The highest BCUT2D eigenvalue weighted by Gasteiger charge is 2.17. The topological polar surface area (TPSA) is 81.2 Å². The van der Waals surface area contributed by atoms with Gasteiger partial charge in [-0.15, -0.1) is 0 Å². The lowest BCUT2D eigenvalue weighted by atomic mass is 10.2.